The Labute approximate surface area is 95.3 Å². The van der Waals surface area contributed by atoms with Crippen molar-refractivity contribution in [3.05, 3.63) is 22.2 Å². The van der Waals surface area contributed by atoms with Crippen LogP contribution in [0.4, 0.5) is 0 Å². The molecule has 15 heavy (non-hydrogen) atoms. The number of benzene rings is 1. The first-order valence-corrected chi connectivity index (χ1v) is 4.85. The van der Waals surface area contributed by atoms with Gasteiger partial charge in [-0.1, -0.05) is 23.2 Å². The van der Waals surface area contributed by atoms with E-state index in [0.717, 1.165) is 0 Å². The van der Waals surface area contributed by atoms with E-state index in [2.05, 4.69) is 0 Å². The Morgan fingerprint density at radius 1 is 1.33 bits per heavy atom. The smallest absolute Gasteiger partial charge is 0.348 e. The Kier molecular flexibility index (Phi) is 2.63. The van der Waals surface area contributed by atoms with Crippen LogP contribution in [0.2, 0.25) is 10.0 Å². The average Bonchev–Trinajstić information content (AvgIpc) is 2.23. The minimum absolute atomic E-state index is 0.0810. The number of hydrogen-bond acceptors (Lipinski definition) is 3. The minimum atomic E-state index is -1.10. The third-order valence-electron chi connectivity index (χ3n) is 1.93. The number of hydrogen-bond donors (Lipinski definition) is 1. The molecule has 1 aromatic carbocycles. The molecule has 1 aliphatic heterocycles. The van der Waals surface area contributed by atoms with Gasteiger partial charge in [-0.05, 0) is 12.1 Å². The normalized spacial score (nSPS) is 18.7. The summed E-state index contributed by atoms with van der Waals surface area (Å²) in [6, 6.07) is 3.09. The van der Waals surface area contributed by atoms with Crippen LogP contribution in [0.3, 0.4) is 0 Å². The first-order chi connectivity index (χ1) is 7.09. The zero-order chi connectivity index (χ0) is 11.0. The van der Waals surface area contributed by atoms with Crippen LogP contribution in [-0.2, 0) is 4.79 Å². The van der Waals surface area contributed by atoms with Gasteiger partial charge in [-0.15, -0.1) is 0 Å². The second kappa shape index (κ2) is 3.79. The Morgan fingerprint density at radius 2 is 1.93 bits per heavy atom. The third kappa shape index (κ3) is 1.82. The van der Waals surface area contributed by atoms with Crippen molar-refractivity contribution in [2.24, 2.45) is 0 Å². The van der Waals surface area contributed by atoms with Crippen molar-refractivity contribution >= 4 is 29.2 Å². The summed E-state index contributed by atoms with van der Waals surface area (Å²) in [6.45, 7) is -0.0810. The number of fused-ring (bicyclic) bond motifs is 1. The zero-order valence-corrected chi connectivity index (χ0v) is 8.88. The summed E-state index contributed by atoms with van der Waals surface area (Å²) in [4.78, 5) is 10.7. The number of carboxylic acids is 1. The highest BCUT2D eigenvalue weighted by molar-refractivity contribution is 6.35. The maximum atomic E-state index is 10.7. The molecule has 0 fully saturated rings. The van der Waals surface area contributed by atoms with E-state index in [1.54, 1.807) is 6.07 Å². The first-order valence-electron chi connectivity index (χ1n) is 4.10. The van der Waals surface area contributed by atoms with Crippen LogP contribution in [0.25, 0.3) is 0 Å². The fourth-order valence-electron chi connectivity index (χ4n) is 1.22. The van der Waals surface area contributed by atoms with Gasteiger partial charge in [-0.3, -0.25) is 0 Å². The Balaban J connectivity index is 2.41. The lowest BCUT2D eigenvalue weighted by molar-refractivity contribution is -0.147. The van der Waals surface area contributed by atoms with E-state index >= 15 is 0 Å². The number of carboxylic acid groups (broad SMARTS) is 1. The monoisotopic (exact) mass is 248 g/mol. The molecule has 1 N–H and O–H groups in total. The molecular weight excluding hydrogens is 243 g/mol. The van der Waals surface area contributed by atoms with Crippen LogP contribution in [0, 0.1) is 0 Å². The van der Waals surface area contributed by atoms with Crippen LogP contribution in [0.1, 0.15) is 0 Å². The summed E-state index contributed by atoms with van der Waals surface area (Å²) in [6.07, 6.45) is -1.05. The van der Waals surface area contributed by atoms with Crippen molar-refractivity contribution in [1.29, 1.82) is 0 Å². The van der Waals surface area contributed by atoms with Gasteiger partial charge in [0.25, 0.3) is 0 Å². The molecule has 0 saturated heterocycles. The fourth-order valence-corrected chi connectivity index (χ4v) is 1.61. The van der Waals surface area contributed by atoms with Crippen LogP contribution < -0.4 is 9.47 Å². The Hall–Kier alpha value is -1.13. The SMILES string of the molecule is O=C(O)C1COc2c(Cl)ccc(Cl)c2O1. The molecule has 0 saturated carbocycles. The molecule has 0 aromatic heterocycles. The third-order valence-corrected chi connectivity index (χ3v) is 2.53. The summed E-state index contributed by atoms with van der Waals surface area (Å²) in [5, 5.41) is 9.37. The molecule has 0 aliphatic carbocycles. The Morgan fingerprint density at radius 3 is 2.53 bits per heavy atom. The van der Waals surface area contributed by atoms with E-state index in [-0.39, 0.29) is 17.4 Å². The van der Waals surface area contributed by atoms with Crippen molar-refractivity contribution in [1.82, 2.24) is 0 Å². The van der Waals surface area contributed by atoms with Gasteiger partial charge in [0.15, 0.2) is 11.5 Å². The van der Waals surface area contributed by atoms with Crippen molar-refractivity contribution in [3.63, 3.8) is 0 Å². The zero-order valence-electron chi connectivity index (χ0n) is 7.37. The molecule has 6 heteroatoms. The standard InChI is InChI=1S/C9H6Cl2O4/c10-4-1-2-5(11)8-7(4)14-3-6(15-8)9(12)13/h1-2,6H,3H2,(H,12,13). The van der Waals surface area contributed by atoms with Crippen molar-refractivity contribution < 1.29 is 19.4 Å². The van der Waals surface area contributed by atoms with Gasteiger partial charge in [0.05, 0.1) is 10.0 Å². The quantitative estimate of drug-likeness (QED) is 0.828. The molecule has 1 unspecified atom stereocenters. The van der Waals surface area contributed by atoms with E-state index in [1.807, 2.05) is 0 Å². The van der Waals surface area contributed by atoms with Gasteiger partial charge in [0, 0.05) is 0 Å². The lowest BCUT2D eigenvalue weighted by atomic mass is 10.2. The molecule has 0 radical (unpaired) electrons. The van der Waals surface area contributed by atoms with E-state index in [1.165, 1.54) is 6.07 Å². The van der Waals surface area contributed by atoms with Crippen LogP contribution in [-0.4, -0.2) is 23.8 Å². The second-order valence-electron chi connectivity index (χ2n) is 2.94. The maximum absolute atomic E-state index is 10.7. The molecule has 1 heterocycles. The van der Waals surface area contributed by atoms with Gasteiger partial charge in [-0.2, -0.15) is 0 Å². The highest BCUT2D eigenvalue weighted by Gasteiger charge is 2.29. The van der Waals surface area contributed by atoms with Crippen molar-refractivity contribution in [2.45, 2.75) is 6.10 Å². The molecule has 1 aromatic rings. The summed E-state index contributed by atoms with van der Waals surface area (Å²) in [5.74, 6) is -0.624. The minimum Gasteiger partial charge on any atom is -0.484 e. The molecule has 4 nitrogen and oxygen atoms in total. The lowest BCUT2D eigenvalue weighted by Gasteiger charge is -2.25. The summed E-state index contributed by atoms with van der Waals surface area (Å²) in [5.41, 5.74) is 0. The molecule has 0 bridgehead atoms. The maximum Gasteiger partial charge on any atom is 0.348 e. The van der Waals surface area contributed by atoms with Gasteiger partial charge in [0.2, 0.25) is 6.10 Å². The highest BCUT2D eigenvalue weighted by Crippen LogP contribution is 2.43. The molecule has 0 amide bonds. The van der Waals surface area contributed by atoms with Crippen LogP contribution in [0.5, 0.6) is 11.5 Å². The fraction of sp³-hybridized carbons (Fsp3) is 0.222. The van der Waals surface area contributed by atoms with Gasteiger partial charge < -0.3 is 14.6 Å². The largest absolute Gasteiger partial charge is 0.484 e. The number of halogens is 2. The molecule has 1 aliphatic rings. The topological polar surface area (TPSA) is 55.8 Å². The van der Waals surface area contributed by atoms with Crippen molar-refractivity contribution in [3.8, 4) is 11.5 Å². The van der Waals surface area contributed by atoms with Gasteiger partial charge in [0.1, 0.15) is 6.61 Å². The molecule has 1 atom stereocenters. The Bertz CT molecular complexity index is 419. The molecule has 2 rings (SSSR count). The summed E-state index contributed by atoms with van der Waals surface area (Å²) >= 11 is 11.7. The van der Waals surface area contributed by atoms with Gasteiger partial charge in [-0.25, -0.2) is 4.79 Å². The highest BCUT2D eigenvalue weighted by atomic mass is 35.5. The van der Waals surface area contributed by atoms with E-state index in [4.69, 9.17) is 37.8 Å². The first kappa shape index (κ1) is 10.4. The van der Waals surface area contributed by atoms with Gasteiger partial charge >= 0.3 is 5.97 Å². The van der Waals surface area contributed by atoms with Crippen LogP contribution >= 0.6 is 23.2 Å². The number of carbonyl (C=O) groups is 1. The number of rotatable bonds is 1. The van der Waals surface area contributed by atoms with Crippen molar-refractivity contribution in [2.75, 3.05) is 6.61 Å². The molecule has 80 valence electrons. The molecular formula is C9H6Cl2O4. The summed E-state index contributed by atoms with van der Waals surface area (Å²) in [7, 11) is 0. The van der Waals surface area contributed by atoms with E-state index in [0.29, 0.717) is 10.8 Å². The van der Waals surface area contributed by atoms with E-state index < -0.39 is 12.1 Å². The second-order valence-corrected chi connectivity index (χ2v) is 3.76. The average molecular weight is 249 g/mol. The predicted octanol–water partition coefficient (Wildman–Crippen LogP) is 2.22. The predicted molar refractivity (Wildman–Crippen MR) is 54.0 cm³/mol. The van der Waals surface area contributed by atoms with Crippen LogP contribution in [0.15, 0.2) is 12.1 Å². The number of aliphatic carboxylic acids is 1. The van der Waals surface area contributed by atoms with E-state index in [9.17, 15) is 4.79 Å². The molecule has 0 spiro atoms. The lowest BCUT2D eigenvalue weighted by Crippen LogP contribution is -2.36. The summed E-state index contributed by atoms with van der Waals surface area (Å²) < 4.78 is 10.4. The number of ether oxygens (including phenoxy) is 2.